The van der Waals surface area contributed by atoms with Crippen LogP contribution in [0.2, 0.25) is 0 Å². The fourth-order valence-electron chi connectivity index (χ4n) is 3.81. The highest BCUT2D eigenvalue weighted by atomic mass is 16.6. The minimum absolute atomic E-state index is 0.0559. The number of fused-ring (bicyclic) bond motifs is 1. The van der Waals surface area contributed by atoms with Crippen molar-refractivity contribution in [1.29, 1.82) is 0 Å². The first-order chi connectivity index (χ1) is 14.0. The molecule has 29 heavy (non-hydrogen) atoms. The summed E-state index contributed by atoms with van der Waals surface area (Å²) in [7, 11) is 0. The Labute approximate surface area is 168 Å². The lowest BCUT2D eigenvalue weighted by Crippen LogP contribution is -2.22. The number of benzene rings is 3. The van der Waals surface area contributed by atoms with Gasteiger partial charge in [0.2, 0.25) is 0 Å². The molecule has 1 aliphatic rings. The molecule has 0 saturated heterocycles. The lowest BCUT2D eigenvalue weighted by molar-refractivity contribution is -0.385. The van der Waals surface area contributed by atoms with Gasteiger partial charge in [-0.2, -0.15) is 0 Å². The van der Waals surface area contributed by atoms with Gasteiger partial charge in [0.1, 0.15) is 0 Å². The summed E-state index contributed by atoms with van der Waals surface area (Å²) in [6, 6.07) is 20.6. The minimum Gasteiger partial charge on any atom is -0.367 e. The second-order valence-electron chi connectivity index (χ2n) is 7.12. The molecule has 0 aliphatic carbocycles. The lowest BCUT2D eigenvalue weighted by Gasteiger charge is -2.21. The summed E-state index contributed by atoms with van der Waals surface area (Å²) in [6.45, 7) is 3.22. The van der Waals surface area contributed by atoms with Crippen molar-refractivity contribution < 1.29 is 9.72 Å². The van der Waals surface area contributed by atoms with Gasteiger partial charge in [-0.25, -0.2) is 0 Å². The third-order valence-corrected chi connectivity index (χ3v) is 5.36. The molecule has 0 bridgehead atoms. The maximum absolute atomic E-state index is 12.9. The summed E-state index contributed by atoms with van der Waals surface area (Å²) in [5.74, 6) is -0.347. The molecule has 0 spiro atoms. The monoisotopic (exact) mass is 387 g/mol. The largest absolute Gasteiger partial charge is 0.367 e. The van der Waals surface area contributed by atoms with Crippen LogP contribution < -0.4 is 10.2 Å². The molecule has 1 amide bonds. The molecule has 146 valence electrons. The van der Waals surface area contributed by atoms with Crippen LogP contribution in [-0.4, -0.2) is 17.4 Å². The fourth-order valence-corrected chi connectivity index (χ4v) is 3.81. The van der Waals surface area contributed by atoms with Crippen LogP contribution in [0.15, 0.2) is 66.7 Å². The van der Waals surface area contributed by atoms with E-state index in [4.69, 9.17) is 0 Å². The number of anilines is 2. The first-order valence-corrected chi connectivity index (χ1v) is 9.50. The van der Waals surface area contributed by atoms with Crippen molar-refractivity contribution >= 4 is 23.0 Å². The Morgan fingerprint density at radius 3 is 2.66 bits per heavy atom. The van der Waals surface area contributed by atoms with Gasteiger partial charge in [0.25, 0.3) is 11.6 Å². The van der Waals surface area contributed by atoms with E-state index in [9.17, 15) is 14.9 Å². The maximum Gasteiger partial charge on any atom is 0.273 e. The highest BCUT2D eigenvalue weighted by molar-refractivity contribution is 6.06. The van der Waals surface area contributed by atoms with Gasteiger partial charge in [0.05, 0.1) is 4.92 Å². The molecule has 0 aromatic heterocycles. The van der Waals surface area contributed by atoms with Gasteiger partial charge in [-0.3, -0.25) is 14.9 Å². The average molecular weight is 387 g/mol. The van der Waals surface area contributed by atoms with Crippen molar-refractivity contribution in [3.63, 3.8) is 0 Å². The smallest absolute Gasteiger partial charge is 0.273 e. The predicted molar refractivity (Wildman–Crippen MR) is 113 cm³/mol. The van der Waals surface area contributed by atoms with E-state index in [0.717, 1.165) is 18.5 Å². The van der Waals surface area contributed by atoms with Gasteiger partial charge >= 0.3 is 0 Å². The van der Waals surface area contributed by atoms with Crippen LogP contribution in [0.4, 0.5) is 17.1 Å². The summed E-state index contributed by atoms with van der Waals surface area (Å²) in [6.07, 6.45) is 1.01. The molecule has 3 aromatic rings. The van der Waals surface area contributed by atoms with Gasteiger partial charge in [0.15, 0.2) is 0 Å². The third-order valence-electron chi connectivity index (χ3n) is 5.36. The molecule has 0 atom stereocenters. The molecule has 6 heteroatoms. The Bertz CT molecular complexity index is 1090. The standard InChI is InChI=1S/C23H21N3O3/c1-16-19(9-6-12-21(16)26(28)29)23(27)24-20-10-4-2-8-18(20)15-25-14-13-17-7-3-5-11-22(17)25/h2-12H,13-15H2,1H3,(H,24,27). The number of para-hydroxylation sites is 2. The van der Waals surface area contributed by atoms with Crippen LogP contribution in [0, 0.1) is 17.0 Å². The third kappa shape index (κ3) is 3.69. The van der Waals surface area contributed by atoms with E-state index in [2.05, 4.69) is 28.4 Å². The molecular weight excluding hydrogens is 366 g/mol. The number of rotatable bonds is 5. The zero-order valence-electron chi connectivity index (χ0n) is 16.1. The number of carbonyl (C=O) groups excluding carboxylic acids is 1. The molecule has 1 heterocycles. The Kier molecular flexibility index (Phi) is 4.99. The van der Waals surface area contributed by atoms with Crippen molar-refractivity contribution in [2.45, 2.75) is 19.9 Å². The summed E-state index contributed by atoms with van der Waals surface area (Å²) in [5.41, 5.74) is 4.89. The number of carbonyl (C=O) groups is 1. The Morgan fingerprint density at radius 1 is 1.07 bits per heavy atom. The number of nitro benzene ring substituents is 1. The van der Waals surface area contributed by atoms with Crippen LogP contribution in [0.25, 0.3) is 0 Å². The van der Waals surface area contributed by atoms with E-state index in [-0.39, 0.29) is 11.6 Å². The van der Waals surface area contributed by atoms with E-state index in [1.807, 2.05) is 30.3 Å². The average Bonchev–Trinajstić information content (AvgIpc) is 3.12. The Balaban J connectivity index is 1.58. The number of hydrogen-bond acceptors (Lipinski definition) is 4. The predicted octanol–water partition coefficient (Wildman–Crippen LogP) is 4.72. The van der Waals surface area contributed by atoms with Crippen molar-refractivity contribution in [1.82, 2.24) is 0 Å². The van der Waals surface area contributed by atoms with Gasteiger partial charge in [0, 0.05) is 41.7 Å². The minimum atomic E-state index is -0.467. The summed E-state index contributed by atoms with van der Waals surface area (Å²) in [4.78, 5) is 25.9. The number of nitrogens with zero attached hydrogens (tertiary/aromatic N) is 2. The van der Waals surface area contributed by atoms with E-state index in [0.29, 0.717) is 23.4 Å². The number of amides is 1. The number of nitrogens with one attached hydrogen (secondary N) is 1. The molecule has 6 nitrogen and oxygen atoms in total. The van der Waals surface area contributed by atoms with Crippen molar-refractivity contribution in [2.75, 3.05) is 16.8 Å². The molecule has 4 rings (SSSR count). The molecule has 0 saturated carbocycles. The van der Waals surface area contributed by atoms with Crippen LogP contribution in [-0.2, 0) is 13.0 Å². The molecule has 0 unspecified atom stereocenters. The second kappa shape index (κ2) is 7.75. The highest BCUT2D eigenvalue weighted by Crippen LogP contribution is 2.30. The molecule has 3 aromatic carbocycles. The normalized spacial score (nSPS) is 12.5. The van der Waals surface area contributed by atoms with Crippen molar-refractivity contribution in [2.24, 2.45) is 0 Å². The van der Waals surface area contributed by atoms with Crippen LogP contribution in [0.1, 0.15) is 27.0 Å². The summed E-state index contributed by atoms with van der Waals surface area (Å²) < 4.78 is 0. The fraction of sp³-hybridized carbons (Fsp3) is 0.174. The molecular formula is C23H21N3O3. The zero-order chi connectivity index (χ0) is 20.4. The number of nitro groups is 1. The number of hydrogen-bond donors (Lipinski definition) is 1. The van der Waals surface area contributed by atoms with E-state index in [1.165, 1.54) is 23.4 Å². The highest BCUT2D eigenvalue weighted by Gasteiger charge is 2.21. The molecule has 0 radical (unpaired) electrons. The van der Waals surface area contributed by atoms with Gasteiger partial charge in [-0.15, -0.1) is 0 Å². The quantitative estimate of drug-likeness (QED) is 0.508. The topological polar surface area (TPSA) is 75.5 Å². The second-order valence-corrected chi connectivity index (χ2v) is 7.12. The first-order valence-electron chi connectivity index (χ1n) is 9.50. The summed E-state index contributed by atoms with van der Waals surface area (Å²) in [5, 5.41) is 14.1. The lowest BCUT2D eigenvalue weighted by atomic mass is 10.1. The SMILES string of the molecule is Cc1c(C(=O)Nc2ccccc2CN2CCc3ccccc32)cccc1[N+](=O)[O-]. The van der Waals surface area contributed by atoms with E-state index < -0.39 is 4.92 Å². The Hall–Kier alpha value is -3.67. The Morgan fingerprint density at radius 2 is 1.83 bits per heavy atom. The van der Waals surface area contributed by atoms with Gasteiger partial charge in [-0.05, 0) is 42.7 Å². The first kappa shape index (κ1) is 18.7. The molecule has 0 fully saturated rings. The van der Waals surface area contributed by atoms with E-state index >= 15 is 0 Å². The summed E-state index contributed by atoms with van der Waals surface area (Å²) >= 11 is 0. The van der Waals surface area contributed by atoms with Crippen molar-refractivity contribution in [3.05, 3.63) is 99.1 Å². The van der Waals surface area contributed by atoms with Crippen LogP contribution in [0.5, 0.6) is 0 Å². The van der Waals surface area contributed by atoms with Gasteiger partial charge < -0.3 is 10.2 Å². The van der Waals surface area contributed by atoms with Gasteiger partial charge in [-0.1, -0.05) is 42.5 Å². The van der Waals surface area contributed by atoms with Crippen LogP contribution >= 0.6 is 0 Å². The zero-order valence-corrected chi connectivity index (χ0v) is 16.1. The maximum atomic E-state index is 12.9. The van der Waals surface area contributed by atoms with Crippen LogP contribution in [0.3, 0.4) is 0 Å². The molecule has 1 N–H and O–H groups in total. The van der Waals surface area contributed by atoms with Crippen molar-refractivity contribution in [3.8, 4) is 0 Å². The van der Waals surface area contributed by atoms with E-state index in [1.54, 1.807) is 13.0 Å². The molecule has 1 aliphatic heterocycles.